The molecule has 0 saturated carbocycles. The largest absolute Gasteiger partial charge is 0.0898 e. The van der Waals surface area contributed by atoms with E-state index in [1.807, 2.05) is 13.0 Å². The van der Waals surface area contributed by atoms with Gasteiger partial charge in [-0.25, -0.2) is 0 Å². The van der Waals surface area contributed by atoms with Crippen LogP contribution in [-0.4, -0.2) is 0 Å². The molecule has 0 fully saturated rings. The Bertz CT molecular complexity index is 60.6. The summed E-state index contributed by atoms with van der Waals surface area (Å²) < 4.78 is 0. The number of halogens is 1. The number of hydrogen-bond donors (Lipinski definition) is 0. The number of allylic oxidation sites excluding steroid dienone is 2. The van der Waals surface area contributed by atoms with Crippen molar-refractivity contribution >= 4 is 11.6 Å². The second-order valence-corrected chi connectivity index (χ2v) is 2.03. The maximum Gasteiger partial charge on any atom is 0.0110 e. The standard InChI is InChI=1S/C6H10Cl/c1-3-4-5-6(2)7/h5H,1,3-4H2,2H3/b6-5-. The number of hydrogen-bond acceptors (Lipinski definition) is 0. The third-order valence-corrected chi connectivity index (χ3v) is 0.784. The molecule has 1 radical (unpaired) electrons. The zero-order valence-electron chi connectivity index (χ0n) is 4.58. The van der Waals surface area contributed by atoms with Gasteiger partial charge in [0.2, 0.25) is 0 Å². The Morgan fingerprint density at radius 3 is 2.57 bits per heavy atom. The van der Waals surface area contributed by atoms with Gasteiger partial charge in [0.15, 0.2) is 0 Å². The summed E-state index contributed by atoms with van der Waals surface area (Å²) in [7, 11) is 0. The van der Waals surface area contributed by atoms with Gasteiger partial charge in [-0.3, -0.25) is 0 Å². The molecule has 0 atom stereocenters. The highest BCUT2D eigenvalue weighted by Gasteiger charge is 1.75. The summed E-state index contributed by atoms with van der Waals surface area (Å²) >= 11 is 5.49. The molecule has 0 nitrogen and oxygen atoms in total. The number of unbranched alkanes of at least 4 members (excludes halogenated alkanes) is 1. The maximum absolute atomic E-state index is 5.49. The Hall–Kier alpha value is 0.0300. The quantitative estimate of drug-likeness (QED) is 0.522. The maximum atomic E-state index is 5.49. The van der Waals surface area contributed by atoms with Gasteiger partial charge in [0.05, 0.1) is 0 Å². The first-order chi connectivity index (χ1) is 3.27. The van der Waals surface area contributed by atoms with Gasteiger partial charge < -0.3 is 0 Å². The van der Waals surface area contributed by atoms with Crippen molar-refractivity contribution in [2.45, 2.75) is 19.8 Å². The molecule has 0 unspecified atom stereocenters. The molecule has 0 aliphatic carbocycles. The Kier molecular flexibility index (Phi) is 4.21. The van der Waals surface area contributed by atoms with Gasteiger partial charge >= 0.3 is 0 Å². The lowest BCUT2D eigenvalue weighted by Gasteiger charge is -1.82. The van der Waals surface area contributed by atoms with E-state index in [1.54, 1.807) is 0 Å². The summed E-state index contributed by atoms with van der Waals surface area (Å²) in [6.45, 7) is 5.53. The van der Waals surface area contributed by atoms with Crippen molar-refractivity contribution in [2.24, 2.45) is 0 Å². The van der Waals surface area contributed by atoms with Crippen molar-refractivity contribution in [2.75, 3.05) is 0 Å². The van der Waals surface area contributed by atoms with Crippen LogP contribution in [0, 0.1) is 6.92 Å². The van der Waals surface area contributed by atoms with Crippen LogP contribution in [0.5, 0.6) is 0 Å². The molecule has 0 aliphatic rings. The van der Waals surface area contributed by atoms with Crippen molar-refractivity contribution in [1.82, 2.24) is 0 Å². The molecular formula is C6H10Cl. The second kappa shape index (κ2) is 4.20. The summed E-state index contributed by atoms with van der Waals surface area (Å²) in [6.07, 6.45) is 3.90. The molecule has 7 heavy (non-hydrogen) atoms. The predicted molar refractivity (Wildman–Crippen MR) is 34.2 cm³/mol. The summed E-state index contributed by atoms with van der Waals surface area (Å²) in [5.74, 6) is 0. The molecule has 41 valence electrons. The second-order valence-electron chi connectivity index (χ2n) is 1.43. The molecular weight excluding hydrogens is 108 g/mol. The fourth-order valence-electron chi connectivity index (χ4n) is 0.301. The Labute approximate surface area is 50.2 Å². The Morgan fingerprint density at radius 2 is 2.43 bits per heavy atom. The molecule has 0 N–H and O–H groups in total. The van der Waals surface area contributed by atoms with Crippen molar-refractivity contribution in [1.29, 1.82) is 0 Å². The van der Waals surface area contributed by atoms with E-state index in [0.717, 1.165) is 17.9 Å². The summed E-state index contributed by atoms with van der Waals surface area (Å²) in [4.78, 5) is 0. The molecule has 0 aromatic rings. The van der Waals surface area contributed by atoms with E-state index in [9.17, 15) is 0 Å². The van der Waals surface area contributed by atoms with Crippen LogP contribution >= 0.6 is 11.6 Å². The van der Waals surface area contributed by atoms with Crippen molar-refractivity contribution < 1.29 is 0 Å². The molecule has 0 aromatic carbocycles. The van der Waals surface area contributed by atoms with Crippen LogP contribution < -0.4 is 0 Å². The summed E-state index contributed by atoms with van der Waals surface area (Å²) in [5, 5.41) is 0.864. The first kappa shape index (κ1) is 7.03. The van der Waals surface area contributed by atoms with Gasteiger partial charge in [-0.15, -0.1) is 0 Å². The minimum Gasteiger partial charge on any atom is -0.0898 e. The zero-order valence-corrected chi connectivity index (χ0v) is 5.33. The third kappa shape index (κ3) is 6.03. The summed E-state index contributed by atoms with van der Waals surface area (Å²) in [6, 6.07) is 0. The molecule has 0 aromatic heterocycles. The van der Waals surface area contributed by atoms with E-state index in [4.69, 9.17) is 11.6 Å². The lowest BCUT2D eigenvalue weighted by Crippen LogP contribution is -1.61. The molecule has 1 heteroatoms. The van der Waals surface area contributed by atoms with Gasteiger partial charge in [0, 0.05) is 5.03 Å². The molecule has 0 saturated heterocycles. The minimum absolute atomic E-state index is 0.864. The smallest absolute Gasteiger partial charge is 0.0110 e. The van der Waals surface area contributed by atoms with Crippen molar-refractivity contribution in [3.05, 3.63) is 18.0 Å². The van der Waals surface area contributed by atoms with Gasteiger partial charge in [0.1, 0.15) is 0 Å². The molecule has 0 rings (SSSR count). The van der Waals surface area contributed by atoms with Crippen LogP contribution in [-0.2, 0) is 0 Å². The van der Waals surface area contributed by atoms with Crippen LogP contribution in [0.15, 0.2) is 11.1 Å². The van der Waals surface area contributed by atoms with Crippen molar-refractivity contribution in [3.8, 4) is 0 Å². The van der Waals surface area contributed by atoms with Crippen LogP contribution in [0.25, 0.3) is 0 Å². The highest BCUT2D eigenvalue weighted by atomic mass is 35.5. The Morgan fingerprint density at radius 1 is 1.86 bits per heavy atom. The first-order valence-corrected chi connectivity index (χ1v) is 2.76. The fraction of sp³-hybridized carbons (Fsp3) is 0.500. The average Bonchev–Trinajstić information content (AvgIpc) is 1.61. The minimum atomic E-state index is 0.864. The van der Waals surface area contributed by atoms with Crippen LogP contribution in [0.3, 0.4) is 0 Å². The SMILES string of the molecule is [CH2]CC/C=C(/C)Cl. The van der Waals surface area contributed by atoms with Crippen LogP contribution in [0.4, 0.5) is 0 Å². The van der Waals surface area contributed by atoms with E-state index < -0.39 is 0 Å². The van der Waals surface area contributed by atoms with E-state index in [1.165, 1.54) is 0 Å². The zero-order chi connectivity index (χ0) is 5.70. The van der Waals surface area contributed by atoms with Crippen LogP contribution in [0.1, 0.15) is 19.8 Å². The lowest BCUT2D eigenvalue weighted by molar-refractivity contribution is 1.04. The van der Waals surface area contributed by atoms with Gasteiger partial charge in [-0.1, -0.05) is 24.6 Å². The van der Waals surface area contributed by atoms with Gasteiger partial charge in [-0.05, 0) is 19.8 Å². The first-order valence-electron chi connectivity index (χ1n) is 2.39. The molecule has 0 heterocycles. The van der Waals surface area contributed by atoms with E-state index >= 15 is 0 Å². The van der Waals surface area contributed by atoms with Gasteiger partial charge in [0.25, 0.3) is 0 Å². The van der Waals surface area contributed by atoms with Gasteiger partial charge in [-0.2, -0.15) is 0 Å². The van der Waals surface area contributed by atoms with Crippen molar-refractivity contribution in [3.63, 3.8) is 0 Å². The van der Waals surface area contributed by atoms with E-state index in [2.05, 4.69) is 6.92 Å². The van der Waals surface area contributed by atoms with E-state index in [0.29, 0.717) is 0 Å². The molecule has 0 bridgehead atoms. The topological polar surface area (TPSA) is 0 Å². The average molecular weight is 118 g/mol. The summed E-state index contributed by atoms with van der Waals surface area (Å²) in [5.41, 5.74) is 0. The van der Waals surface area contributed by atoms with Crippen LogP contribution in [0.2, 0.25) is 0 Å². The highest BCUT2D eigenvalue weighted by molar-refractivity contribution is 6.29. The highest BCUT2D eigenvalue weighted by Crippen LogP contribution is 2.00. The Balaban J connectivity index is 3.08. The monoisotopic (exact) mass is 117 g/mol. The normalized spacial score (nSPS) is 12.1. The fourth-order valence-corrected chi connectivity index (χ4v) is 0.410. The number of rotatable bonds is 2. The third-order valence-electron chi connectivity index (χ3n) is 0.630. The lowest BCUT2D eigenvalue weighted by atomic mass is 10.3. The molecule has 0 amide bonds. The predicted octanol–water partition coefficient (Wildman–Crippen LogP) is 2.74. The van der Waals surface area contributed by atoms with E-state index in [-0.39, 0.29) is 0 Å². The molecule has 0 spiro atoms. The molecule has 0 aliphatic heterocycles.